The average Bonchev–Trinajstić information content (AvgIpc) is 2.53. The van der Waals surface area contributed by atoms with Gasteiger partial charge in [-0.25, -0.2) is 14.4 Å². The summed E-state index contributed by atoms with van der Waals surface area (Å²) < 4.78 is 9.34. The molecule has 78 valence electrons. The van der Waals surface area contributed by atoms with Gasteiger partial charge in [-0.2, -0.15) is 0 Å². The van der Waals surface area contributed by atoms with Gasteiger partial charge < -0.3 is 17.4 Å². The first kappa shape index (κ1) is 12.9. The lowest BCUT2D eigenvalue weighted by atomic mass is 10.6. The number of hydrogen-bond acceptors (Lipinski definition) is 3. The van der Waals surface area contributed by atoms with Crippen LogP contribution in [0, 0.1) is 10.7 Å². The summed E-state index contributed by atoms with van der Waals surface area (Å²) in [6, 6.07) is 0. The molecular weight excluding hydrogens is 198 g/mol. The Kier molecular flexibility index (Phi) is 7.80. The molecular formula is C9H15N3OS. The minimum Gasteiger partial charge on any atom is -0.696 e. The van der Waals surface area contributed by atoms with E-state index < -0.39 is 0 Å². The number of rotatable bonds is 4. The van der Waals surface area contributed by atoms with Crippen molar-refractivity contribution in [2.45, 2.75) is 13.5 Å². The molecule has 0 aromatic carbocycles. The number of aryl methyl sites for hydroxylation is 1. The zero-order chi connectivity index (χ0) is 10.8. The molecule has 0 aliphatic rings. The van der Waals surface area contributed by atoms with Crippen molar-refractivity contribution in [2.24, 2.45) is 7.05 Å². The van der Waals surface area contributed by atoms with Gasteiger partial charge in [0, 0.05) is 6.61 Å². The lowest BCUT2D eigenvalue weighted by Gasteiger charge is -1.96. The van der Waals surface area contributed by atoms with E-state index in [0.717, 1.165) is 19.8 Å². The van der Waals surface area contributed by atoms with Crippen molar-refractivity contribution in [3.05, 3.63) is 18.7 Å². The third kappa shape index (κ3) is 6.40. The molecule has 0 aliphatic heterocycles. The lowest BCUT2D eigenvalue weighted by Crippen LogP contribution is -2.33. The van der Waals surface area contributed by atoms with Crippen molar-refractivity contribution < 1.29 is 9.30 Å². The van der Waals surface area contributed by atoms with E-state index in [-0.39, 0.29) is 0 Å². The summed E-state index contributed by atoms with van der Waals surface area (Å²) in [6.45, 7) is 4.54. The van der Waals surface area contributed by atoms with Gasteiger partial charge in [0.15, 0.2) is 0 Å². The Balaban J connectivity index is 0.000000500. The molecule has 0 saturated heterocycles. The monoisotopic (exact) mass is 213 g/mol. The molecule has 0 atom stereocenters. The lowest BCUT2D eigenvalue weighted by molar-refractivity contribution is -0.697. The Hall–Kier alpha value is -1.12. The van der Waals surface area contributed by atoms with Crippen LogP contribution in [0.4, 0.5) is 0 Å². The van der Waals surface area contributed by atoms with Gasteiger partial charge in [-0.05, 0) is 6.92 Å². The van der Waals surface area contributed by atoms with Crippen LogP contribution < -0.4 is 4.57 Å². The van der Waals surface area contributed by atoms with Crippen LogP contribution in [-0.4, -0.2) is 17.8 Å². The maximum atomic E-state index is 7.13. The topological polar surface area (TPSA) is 41.8 Å². The summed E-state index contributed by atoms with van der Waals surface area (Å²) in [5.41, 5.74) is 0. The molecule has 4 nitrogen and oxygen atoms in total. The number of nitriles is 1. The van der Waals surface area contributed by atoms with Crippen molar-refractivity contribution in [1.82, 2.24) is 4.57 Å². The van der Waals surface area contributed by atoms with Crippen LogP contribution in [0.25, 0.3) is 0 Å². The zero-order valence-electron chi connectivity index (χ0n) is 8.51. The number of hydrogen-bond donors (Lipinski definition) is 0. The smallest absolute Gasteiger partial charge is 0.243 e. The van der Waals surface area contributed by atoms with Crippen molar-refractivity contribution in [3.8, 4) is 5.40 Å². The summed E-state index contributed by atoms with van der Waals surface area (Å²) in [6.07, 6.45) is 6.10. The Morgan fingerprint density at radius 2 is 2.29 bits per heavy atom. The Morgan fingerprint density at radius 1 is 1.64 bits per heavy atom. The van der Waals surface area contributed by atoms with Crippen LogP contribution in [-0.2, 0) is 31.0 Å². The molecule has 1 aromatic rings. The van der Waals surface area contributed by atoms with E-state index in [9.17, 15) is 0 Å². The maximum Gasteiger partial charge on any atom is 0.243 e. The molecule has 0 unspecified atom stereocenters. The van der Waals surface area contributed by atoms with Gasteiger partial charge in [0.25, 0.3) is 0 Å². The standard InChI is InChI=1S/C8H15N2O.CHNS/c1-3-11-7-6-10-5-4-9(2)8-10;2-1-3/h4-5,8H,3,6-7H2,1-2H3;3H/q+1;/p-1. The minimum atomic E-state index is 0.797. The first-order valence-electron chi connectivity index (χ1n) is 4.34. The highest BCUT2D eigenvalue weighted by atomic mass is 32.1. The van der Waals surface area contributed by atoms with Gasteiger partial charge in [0.2, 0.25) is 6.33 Å². The Bertz CT molecular complexity index is 280. The molecule has 0 amide bonds. The minimum absolute atomic E-state index is 0.797. The normalized spacial score (nSPS) is 8.64. The highest BCUT2D eigenvalue weighted by Gasteiger charge is 1.97. The second-order valence-corrected chi connectivity index (χ2v) is 2.79. The van der Waals surface area contributed by atoms with E-state index >= 15 is 0 Å². The molecule has 1 heterocycles. The molecule has 0 spiro atoms. The number of imidazole rings is 1. The van der Waals surface area contributed by atoms with Gasteiger partial charge in [-0.3, -0.25) is 0 Å². The van der Waals surface area contributed by atoms with Gasteiger partial charge >= 0.3 is 0 Å². The highest BCUT2D eigenvalue weighted by Crippen LogP contribution is 1.78. The summed E-state index contributed by atoms with van der Waals surface area (Å²) in [5.74, 6) is 0. The summed E-state index contributed by atoms with van der Waals surface area (Å²) in [4.78, 5) is 0. The van der Waals surface area contributed by atoms with Gasteiger partial charge in [-0.1, -0.05) is 5.40 Å². The fourth-order valence-corrected chi connectivity index (χ4v) is 0.948. The molecule has 14 heavy (non-hydrogen) atoms. The van der Waals surface area contributed by atoms with Crippen LogP contribution in [0.1, 0.15) is 6.92 Å². The van der Waals surface area contributed by atoms with Crippen LogP contribution in [0.2, 0.25) is 0 Å². The van der Waals surface area contributed by atoms with E-state index in [1.54, 1.807) is 0 Å². The highest BCUT2D eigenvalue weighted by molar-refractivity contribution is 7.64. The van der Waals surface area contributed by atoms with Crippen molar-refractivity contribution in [2.75, 3.05) is 13.2 Å². The molecule has 1 aromatic heterocycles. The molecule has 0 N–H and O–H groups in total. The Morgan fingerprint density at radius 3 is 2.71 bits per heavy atom. The van der Waals surface area contributed by atoms with Crippen molar-refractivity contribution >= 4 is 12.6 Å². The number of nitrogens with zero attached hydrogens (tertiary/aromatic N) is 3. The zero-order valence-corrected chi connectivity index (χ0v) is 9.33. The van der Waals surface area contributed by atoms with E-state index in [0.29, 0.717) is 0 Å². The van der Waals surface area contributed by atoms with Crippen molar-refractivity contribution in [1.29, 1.82) is 5.26 Å². The summed E-state index contributed by atoms with van der Waals surface area (Å²) >= 11 is 3.70. The SMILES string of the molecule is CCOCC[n+]1ccn(C)c1.N#C[S-]. The van der Waals surface area contributed by atoms with Crippen LogP contribution in [0.5, 0.6) is 0 Å². The predicted molar refractivity (Wildman–Crippen MR) is 55.1 cm³/mol. The number of ether oxygens (including phenoxy) is 1. The molecule has 0 radical (unpaired) electrons. The third-order valence-corrected chi connectivity index (χ3v) is 1.52. The summed E-state index contributed by atoms with van der Waals surface area (Å²) in [7, 11) is 2.01. The van der Waals surface area contributed by atoms with Crippen LogP contribution >= 0.6 is 0 Å². The van der Waals surface area contributed by atoms with Gasteiger partial charge in [0.05, 0.1) is 13.7 Å². The Labute approximate surface area is 90.1 Å². The van der Waals surface area contributed by atoms with E-state index in [2.05, 4.69) is 17.2 Å². The number of thiocyanates is 1. The fraction of sp³-hybridized carbons (Fsp3) is 0.556. The first-order valence-corrected chi connectivity index (χ1v) is 4.75. The molecule has 5 heteroatoms. The largest absolute Gasteiger partial charge is 0.696 e. The molecule has 0 fully saturated rings. The molecule has 0 saturated carbocycles. The number of aromatic nitrogens is 2. The maximum absolute atomic E-state index is 7.13. The van der Waals surface area contributed by atoms with E-state index in [4.69, 9.17) is 10.00 Å². The third-order valence-electron chi connectivity index (χ3n) is 1.52. The van der Waals surface area contributed by atoms with Crippen molar-refractivity contribution in [3.63, 3.8) is 0 Å². The first-order chi connectivity index (χ1) is 6.74. The van der Waals surface area contributed by atoms with E-state index in [1.165, 1.54) is 5.40 Å². The quantitative estimate of drug-likeness (QED) is 0.314. The fourth-order valence-electron chi connectivity index (χ4n) is 0.948. The second-order valence-electron chi connectivity index (χ2n) is 2.61. The molecule has 0 aliphatic carbocycles. The summed E-state index contributed by atoms with van der Waals surface area (Å²) in [5, 5.41) is 8.47. The van der Waals surface area contributed by atoms with Crippen LogP contribution in [0.3, 0.4) is 0 Å². The van der Waals surface area contributed by atoms with E-state index in [1.807, 2.05) is 37.3 Å². The van der Waals surface area contributed by atoms with Gasteiger partial charge in [0.1, 0.15) is 18.9 Å². The average molecular weight is 213 g/mol. The van der Waals surface area contributed by atoms with Gasteiger partial charge in [-0.15, -0.1) is 0 Å². The van der Waals surface area contributed by atoms with Crippen LogP contribution in [0.15, 0.2) is 18.7 Å². The second kappa shape index (κ2) is 8.48. The predicted octanol–water partition coefficient (Wildman–Crippen LogP) is 0.363. The molecule has 0 bridgehead atoms. The molecule has 1 rings (SSSR count).